The molecule has 0 aromatic carbocycles. The Morgan fingerprint density at radius 2 is 2.10 bits per heavy atom. The largest absolute Gasteiger partial charge is 0.390 e. The fraction of sp³-hybridized carbons (Fsp3) is 1.00. The summed E-state index contributed by atoms with van der Waals surface area (Å²) in [4.78, 5) is 0. The van der Waals surface area contributed by atoms with Gasteiger partial charge < -0.3 is 15.9 Å². The van der Waals surface area contributed by atoms with Crippen LogP contribution in [0.2, 0.25) is 0 Å². The van der Waals surface area contributed by atoms with Crippen molar-refractivity contribution in [3.63, 3.8) is 0 Å². The van der Waals surface area contributed by atoms with Crippen LogP contribution in [-0.2, 0) is 0 Å². The lowest BCUT2D eigenvalue weighted by molar-refractivity contribution is -0.0244. The van der Waals surface area contributed by atoms with E-state index in [-0.39, 0.29) is 5.92 Å². The van der Waals surface area contributed by atoms with Gasteiger partial charge in [0.15, 0.2) is 0 Å². The average molecular weight is 143 g/mol. The van der Waals surface area contributed by atoms with Crippen molar-refractivity contribution >= 4 is 0 Å². The van der Waals surface area contributed by atoms with Crippen LogP contribution in [0.5, 0.6) is 0 Å². The molecule has 2 fully saturated rings. The molecular weight excluding hydrogens is 130 g/mol. The molecule has 2 aliphatic carbocycles. The van der Waals surface area contributed by atoms with Crippen LogP contribution in [-0.4, -0.2) is 28.0 Å². The highest BCUT2D eigenvalue weighted by atomic mass is 16.3. The minimum atomic E-state index is -0.675. The summed E-state index contributed by atoms with van der Waals surface area (Å²) >= 11 is 0. The van der Waals surface area contributed by atoms with Crippen molar-refractivity contribution < 1.29 is 10.2 Å². The molecule has 10 heavy (non-hydrogen) atoms. The Morgan fingerprint density at radius 3 is 2.40 bits per heavy atom. The maximum absolute atomic E-state index is 9.37. The highest BCUT2D eigenvalue weighted by Gasteiger charge is 2.54. The second kappa shape index (κ2) is 1.72. The van der Waals surface area contributed by atoms with Gasteiger partial charge in [0.05, 0.1) is 12.2 Å². The van der Waals surface area contributed by atoms with E-state index in [9.17, 15) is 10.2 Å². The van der Waals surface area contributed by atoms with E-state index in [1.165, 1.54) is 0 Å². The van der Waals surface area contributed by atoms with Gasteiger partial charge in [-0.3, -0.25) is 0 Å². The van der Waals surface area contributed by atoms with Crippen molar-refractivity contribution in [2.45, 2.75) is 37.0 Å². The molecule has 0 amide bonds. The molecule has 4 atom stereocenters. The molecule has 4 N–H and O–H groups in total. The molecule has 0 radical (unpaired) electrons. The lowest BCUT2D eigenvalue weighted by Crippen LogP contribution is -2.50. The van der Waals surface area contributed by atoms with Gasteiger partial charge in [0.25, 0.3) is 0 Å². The van der Waals surface area contributed by atoms with Crippen molar-refractivity contribution in [2.75, 3.05) is 0 Å². The topological polar surface area (TPSA) is 66.5 Å². The molecule has 2 aliphatic rings. The lowest BCUT2D eigenvalue weighted by Gasteiger charge is -2.29. The van der Waals surface area contributed by atoms with Gasteiger partial charge in [0.1, 0.15) is 0 Å². The smallest absolute Gasteiger partial charge is 0.0980 e. The molecule has 0 aromatic rings. The summed E-state index contributed by atoms with van der Waals surface area (Å²) in [5, 5.41) is 18.7. The van der Waals surface area contributed by atoms with Crippen LogP contribution in [0, 0.1) is 5.92 Å². The summed E-state index contributed by atoms with van der Waals surface area (Å²) in [6, 6.07) is 0. The number of hydrogen-bond donors (Lipinski definition) is 3. The highest BCUT2D eigenvalue weighted by molar-refractivity contribution is 5.10. The Morgan fingerprint density at radius 1 is 1.40 bits per heavy atom. The van der Waals surface area contributed by atoms with Crippen LogP contribution in [0.4, 0.5) is 0 Å². The average Bonchev–Trinajstić information content (AvgIpc) is 2.35. The quantitative estimate of drug-likeness (QED) is 0.416. The molecular formula is C7H13NO2. The second-order valence-corrected chi connectivity index (χ2v) is 3.67. The molecule has 0 spiro atoms. The first-order valence-electron chi connectivity index (χ1n) is 3.78. The zero-order valence-electron chi connectivity index (χ0n) is 5.83. The first kappa shape index (κ1) is 6.58. The molecule has 58 valence electrons. The molecule has 2 saturated carbocycles. The van der Waals surface area contributed by atoms with Gasteiger partial charge in [-0.2, -0.15) is 0 Å². The fourth-order valence-corrected chi connectivity index (χ4v) is 2.30. The number of hydrogen-bond acceptors (Lipinski definition) is 3. The summed E-state index contributed by atoms with van der Waals surface area (Å²) in [6.07, 6.45) is 1.42. The number of aliphatic hydroxyl groups is 2. The summed E-state index contributed by atoms with van der Waals surface area (Å²) < 4.78 is 0. The Kier molecular flexibility index (Phi) is 1.14. The Labute approximate surface area is 59.8 Å². The number of nitrogens with two attached hydrogens (primary N) is 1. The third-order valence-electron chi connectivity index (χ3n) is 3.02. The van der Waals surface area contributed by atoms with Gasteiger partial charge in [-0.05, 0) is 25.2 Å². The van der Waals surface area contributed by atoms with Crippen LogP contribution in [0.25, 0.3) is 0 Å². The van der Waals surface area contributed by atoms with Crippen molar-refractivity contribution in [3.05, 3.63) is 0 Å². The monoisotopic (exact) mass is 143 g/mol. The molecule has 0 saturated heterocycles. The van der Waals surface area contributed by atoms with E-state index in [0.717, 1.165) is 19.3 Å². The molecule has 3 heteroatoms. The summed E-state index contributed by atoms with van der Waals surface area (Å²) in [6.45, 7) is 0. The summed E-state index contributed by atoms with van der Waals surface area (Å²) in [5.74, 6) is 0.264. The fourth-order valence-electron chi connectivity index (χ4n) is 2.30. The van der Waals surface area contributed by atoms with Crippen molar-refractivity contribution in [1.29, 1.82) is 0 Å². The van der Waals surface area contributed by atoms with Crippen LogP contribution in [0.15, 0.2) is 0 Å². The SMILES string of the molecule is NC12CCC(C1)C(O)C2O. The van der Waals surface area contributed by atoms with E-state index in [2.05, 4.69) is 0 Å². The number of rotatable bonds is 0. The molecule has 0 heterocycles. The van der Waals surface area contributed by atoms with Crippen molar-refractivity contribution in [1.82, 2.24) is 0 Å². The second-order valence-electron chi connectivity index (χ2n) is 3.67. The highest BCUT2D eigenvalue weighted by Crippen LogP contribution is 2.46. The maximum atomic E-state index is 9.37. The predicted molar refractivity (Wildman–Crippen MR) is 36.3 cm³/mol. The Balaban J connectivity index is 2.25. The van der Waals surface area contributed by atoms with Crippen LogP contribution >= 0.6 is 0 Å². The normalized spacial score (nSPS) is 59.7. The number of aliphatic hydroxyl groups excluding tert-OH is 2. The van der Waals surface area contributed by atoms with Crippen LogP contribution in [0.1, 0.15) is 19.3 Å². The zero-order chi connectivity index (χ0) is 7.35. The Bertz CT molecular complexity index is 162. The van der Waals surface area contributed by atoms with Crippen LogP contribution in [0.3, 0.4) is 0 Å². The first-order valence-corrected chi connectivity index (χ1v) is 3.78. The third kappa shape index (κ3) is 0.603. The first-order chi connectivity index (χ1) is 4.63. The zero-order valence-corrected chi connectivity index (χ0v) is 5.83. The molecule has 0 aromatic heterocycles. The lowest BCUT2D eigenvalue weighted by atomic mass is 9.90. The number of fused-ring (bicyclic) bond motifs is 2. The maximum Gasteiger partial charge on any atom is 0.0980 e. The van der Waals surface area contributed by atoms with Crippen molar-refractivity contribution in [2.24, 2.45) is 11.7 Å². The van der Waals surface area contributed by atoms with Gasteiger partial charge in [-0.15, -0.1) is 0 Å². The minimum absolute atomic E-state index is 0.264. The van der Waals surface area contributed by atoms with Crippen molar-refractivity contribution in [3.8, 4) is 0 Å². The van der Waals surface area contributed by atoms with Gasteiger partial charge >= 0.3 is 0 Å². The summed E-state index contributed by atoms with van der Waals surface area (Å²) in [7, 11) is 0. The standard InChI is InChI=1S/C7H13NO2/c8-7-2-1-4(3-7)5(9)6(7)10/h4-6,9-10H,1-3,8H2. The Hall–Kier alpha value is -0.120. The van der Waals surface area contributed by atoms with Gasteiger partial charge in [-0.25, -0.2) is 0 Å². The van der Waals surface area contributed by atoms with Gasteiger partial charge in [0.2, 0.25) is 0 Å². The van der Waals surface area contributed by atoms with E-state index < -0.39 is 17.7 Å². The van der Waals surface area contributed by atoms with E-state index >= 15 is 0 Å². The molecule has 3 nitrogen and oxygen atoms in total. The third-order valence-corrected chi connectivity index (χ3v) is 3.02. The van der Waals surface area contributed by atoms with E-state index in [1.54, 1.807) is 0 Å². The van der Waals surface area contributed by atoms with Gasteiger partial charge in [0, 0.05) is 5.54 Å². The molecule has 2 bridgehead atoms. The molecule has 4 unspecified atom stereocenters. The molecule has 2 rings (SSSR count). The van der Waals surface area contributed by atoms with E-state index in [4.69, 9.17) is 5.73 Å². The van der Waals surface area contributed by atoms with E-state index in [0.29, 0.717) is 0 Å². The van der Waals surface area contributed by atoms with Crippen LogP contribution < -0.4 is 5.73 Å². The minimum Gasteiger partial charge on any atom is -0.390 e. The summed E-state index contributed by atoms with van der Waals surface area (Å²) in [5.41, 5.74) is 5.37. The van der Waals surface area contributed by atoms with E-state index in [1.807, 2.05) is 0 Å². The van der Waals surface area contributed by atoms with Gasteiger partial charge in [-0.1, -0.05) is 0 Å². The molecule has 0 aliphatic heterocycles. The predicted octanol–water partition coefficient (Wildman–Crippen LogP) is -0.781.